The van der Waals surface area contributed by atoms with Gasteiger partial charge in [-0.15, -0.1) is 0 Å². The molecule has 0 aliphatic rings. The van der Waals surface area contributed by atoms with Crippen LogP contribution >= 0.6 is 11.3 Å². The van der Waals surface area contributed by atoms with E-state index in [1.165, 1.54) is 0 Å². The Morgan fingerprint density at radius 3 is 2.50 bits per heavy atom. The van der Waals surface area contributed by atoms with E-state index >= 15 is 0 Å². The Kier molecular flexibility index (Phi) is 6.58. The van der Waals surface area contributed by atoms with Gasteiger partial charge >= 0.3 is 0 Å². The minimum Gasteiger partial charge on any atom is -0.490 e. The number of hydrogen-bond acceptors (Lipinski definition) is 6. The molecule has 32 heavy (non-hydrogen) atoms. The zero-order chi connectivity index (χ0) is 22.5. The summed E-state index contributed by atoms with van der Waals surface area (Å²) in [4.78, 5) is 7.03. The fraction of sp³-hybridized carbons (Fsp3) is 0.231. The van der Waals surface area contributed by atoms with Gasteiger partial charge in [0.15, 0.2) is 16.6 Å². The van der Waals surface area contributed by atoms with Crippen LogP contribution in [0.5, 0.6) is 11.5 Å². The second-order valence-corrected chi connectivity index (χ2v) is 8.60. The molecule has 0 aliphatic heterocycles. The summed E-state index contributed by atoms with van der Waals surface area (Å²) in [6.07, 6.45) is 0.0675. The van der Waals surface area contributed by atoms with Crippen LogP contribution in [-0.2, 0) is 6.54 Å². The Morgan fingerprint density at radius 1 is 1.03 bits per heavy atom. The van der Waals surface area contributed by atoms with E-state index in [1.807, 2.05) is 75.4 Å². The predicted molar refractivity (Wildman–Crippen MR) is 130 cm³/mol. The summed E-state index contributed by atoms with van der Waals surface area (Å²) in [6.45, 7) is 7.14. The van der Waals surface area contributed by atoms with E-state index in [9.17, 15) is 5.26 Å². The van der Waals surface area contributed by atoms with Crippen LogP contribution in [0.15, 0.2) is 66.7 Å². The van der Waals surface area contributed by atoms with Crippen LogP contribution in [0.25, 0.3) is 10.2 Å². The van der Waals surface area contributed by atoms with Crippen molar-refractivity contribution in [3.05, 3.63) is 77.9 Å². The maximum Gasteiger partial charge on any atom is 0.191 e. The molecule has 4 rings (SSSR count). The normalized spacial score (nSPS) is 10.8. The summed E-state index contributed by atoms with van der Waals surface area (Å²) in [5.74, 6) is 1.48. The van der Waals surface area contributed by atoms with E-state index in [0.717, 1.165) is 38.1 Å². The lowest BCUT2D eigenvalue weighted by molar-refractivity contribution is 0.223. The summed E-state index contributed by atoms with van der Waals surface area (Å²) in [5, 5.41) is 10.1. The number of benzene rings is 3. The number of rotatable bonds is 8. The zero-order valence-corrected chi connectivity index (χ0v) is 19.2. The van der Waals surface area contributed by atoms with Crippen molar-refractivity contribution in [2.24, 2.45) is 0 Å². The van der Waals surface area contributed by atoms with Crippen molar-refractivity contribution in [3.63, 3.8) is 0 Å². The Morgan fingerprint density at radius 2 is 1.81 bits per heavy atom. The van der Waals surface area contributed by atoms with E-state index < -0.39 is 0 Å². The van der Waals surface area contributed by atoms with Crippen LogP contribution in [0.3, 0.4) is 0 Å². The Bertz CT molecular complexity index is 1210. The standard InChI is InChI=1S/C26H25N3O2S/c1-4-30-24-15-20(11-14-23(24)31-18(2)3)17-29(21-12-9-19(16-27)10-13-21)26-28-22-7-5-6-8-25(22)32-26/h5-15,18H,4,17H2,1-3H3. The highest BCUT2D eigenvalue weighted by Gasteiger charge is 2.17. The summed E-state index contributed by atoms with van der Waals surface area (Å²) in [5.41, 5.74) is 3.66. The Labute approximate surface area is 192 Å². The maximum atomic E-state index is 9.18. The zero-order valence-electron chi connectivity index (χ0n) is 18.4. The van der Waals surface area contributed by atoms with Gasteiger partial charge in [-0.1, -0.05) is 29.5 Å². The van der Waals surface area contributed by atoms with Crippen LogP contribution < -0.4 is 14.4 Å². The van der Waals surface area contributed by atoms with Gasteiger partial charge in [-0.05, 0) is 74.9 Å². The van der Waals surface area contributed by atoms with E-state index in [-0.39, 0.29) is 6.10 Å². The second kappa shape index (κ2) is 9.71. The van der Waals surface area contributed by atoms with Gasteiger partial charge < -0.3 is 14.4 Å². The smallest absolute Gasteiger partial charge is 0.191 e. The highest BCUT2D eigenvalue weighted by molar-refractivity contribution is 7.22. The molecule has 0 unspecified atom stereocenters. The molecule has 0 amide bonds. The van der Waals surface area contributed by atoms with E-state index in [1.54, 1.807) is 11.3 Å². The molecule has 0 radical (unpaired) electrons. The van der Waals surface area contributed by atoms with Gasteiger partial charge in [0.2, 0.25) is 0 Å². The number of aromatic nitrogens is 1. The molecular weight excluding hydrogens is 418 g/mol. The average Bonchev–Trinajstić information content (AvgIpc) is 3.23. The first-order valence-corrected chi connectivity index (χ1v) is 11.4. The number of para-hydroxylation sites is 1. The van der Waals surface area contributed by atoms with Gasteiger partial charge in [0, 0.05) is 5.69 Å². The molecule has 0 fully saturated rings. The fourth-order valence-electron chi connectivity index (χ4n) is 3.41. The van der Waals surface area contributed by atoms with Crippen molar-refractivity contribution in [2.45, 2.75) is 33.4 Å². The number of anilines is 2. The number of thiazole rings is 1. The minimum atomic E-state index is 0.0675. The molecular formula is C26H25N3O2S. The third-order valence-corrected chi connectivity index (χ3v) is 5.89. The number of fused-ring (bicyclic) bond motifs is 1. The van der Waals surface area contributed by atoms with E-state index in [2.05, 4.69) is 23.1 Å². The second-order valence-electron chi connectivity index (χ2n) is 7.59. The quantitative estimate of drug-likeness (QED) is 0.303. The molecule has 0 bridgehead atoms. The lowest BCUT2D eigenvalue weighted by atomic mass is 10.1. The van der Waals surface area contributed by atoms with Gasteiger partial charge in [-0.25, -0.2) is 4.98 Å². The number of ether oxygens (including phenoxy) is 2. The molecule has 0 aliphatic carbocycles. The number of nitrogens with zero attached hydrogens (tertiary/aromatic N) is 3. The van der Waals surface area contributed by atoms with Crippen LogP contribution in [0.4, 0.5) is 10.8 Å². The molecule has 0 saturated heterocycles. The van der Waals surface area contributed by atoms with Crippen LogP contribution in [-0.4, -0.2) is 17.7 Å². The van der Waals surface area contributed by atoms with Crippen molar-refractivity contribution < 1.29 is 9.47 Å². The van der Waals surface area contributed by atoms with Crippen molar-refractivity contribution in [1.29, 1.82) is 5.26 Å². The molecule has 3 aromatic carbocycles. The molecule has 1 aromatic heterocycles. The third-order valence-electron chi connectivity index (χ3n) is 4.83. The molecule has 5 nitrogen and oxygen atoms in total. The lowest BCUT2D eigenvalue weighted by Crippen LogP contribution is -2.16. The maximum absolute atomic E-state index is 9.18. The Balaban J connectivity index is 1.73. The topological polar surface area (TPSA) is 58.4 Å². The van der Waals surface area contributed by atoms with Crippen LogP contribution in [0, 0.1) is 11.3 Å². The first-order chi connectivity index (χ1) is 15.6. The largest absolute Gasteiger partial charge is 0.490 e. The van der Waals surface area contributed by atoms with Gasteiger partial charge in [0.05, 0.1) is 41.1 Å². The molecule has 0 saturated carbocycles. The Hall–Kier alpha value is -3.56. The van der Waals surface area contributed by atoms with E-state index in [0.29, 0.717) is 18.7 Å². The SMILES string of the molecule is CCOc1cc(CN(c2ccc(C#N)cc2)c2nc3ccccc3s2)ccc1OC(C)C. The molecule has 0 atom stereocenters. The lowest BCUT2D eigenvalue weighted by Gasteiger charge is -2.23. The minimum absolute atomic E-state index is 0.0675. The van der Waals surface area contributed by atoms with Crippen molar-refractivity contribution in [2.75, 3.05) is 11.5 Å². The summed E-state index contributed by atoms with van der Waals surface area (Å²) < 4.78 is 12.9. The van der Waals surface area contributed by atoms with Crippen LogP contribution in [0.1, 0.15) is 31.9 Å². The van der Waals surface area contributed by atoms with E-state index in [4.69, 9.17) is 14.5 Å². The van der Waals surface area contributed by atoms with Gasteiger partial charge in [-0.3, -0.25) is 0 Å². The molecule has 1 heterocycles. The third kappa shape index (κ3) is 4.84. The summed E-state index contributed by atoms with van der Waals surface area (Å²) in [6, 6.07) is 24.0. The van der Waals surface area contributed by atoms with Crippen molar-refractivity contribution in [1.82, 2.24) is 4.98 Å². The van der Waals surface area contributed by atoms with Gasteiger partial charge in [0.1, 0.15) is 0 Å². The monoisotopic (exact) mass is 443 g/mol. The first kappa shape index (κ1) is 21.7. The van der Waals surface area contributed by atoms with Gasteiger partial charge in [0.25, 0.3) is 0 Å². The molecule has 0 N–H and O–H groups in total. The fourth-order valence-corrected chi connectivity index (χ4v) is 4.40. The molecule has 6 heteroatoms. The molecule has 162 valence electrons. The summed E-state index contributed by atoms with van der Waals surface area (Å²) in [7, 11) is 0. The average molecular weight is 444 g/mol. The van der Waals surface area contributed by atoms with Crippen molar-refractivity contribution >= 4 is 32.4 Å². The molecule has 0 spiro atoms. The highest BCUT2D eigenvalue weighted by Crippen LogP contribution is 2.36. The van der Waals surface area contributed by atoms with Crippen LogP contribution in [0.2, 0.25) is 0 Å². The predicted octanol–water partition coefficient (Wildman–Crippen LogP) is 6.69. The first-order valence-electron chi connectivity index (χ1n) is 10.6. The number of hydrogen-bond donors (Lipinski definition) is 0. The van der Waals surface area contributed by atoms with Gasteiger partial charge in [-0.2, -0.15) is 5.26 Å². The number of nitriles is 1. The van der Waals surface area contributed by atoms with Crippen molar-refractivity contribution in [3.8, 4) is 17.6 Å². The summed E-state index contributed by atoms with van der Waals surface area (Å²) >= 11 is 1.65. The molecule has 4 aromatic rings. The highest BCUT2D eigenvalue weighted by atomic mass is 32.1.